The molecule has 19 heavy (non-hydrogen) atoms. The van der Waals surface area contributed by atoms with Gasteiger partial charge in [0.1, 0.15) is 17.4 Å². The van der Waals surface area contributed by atoms with Crippen molar-refractivity contribution >= 4 is 15.9 Å². The number of ether oxygens (including phenoxy) is 1. The zero-order chi connectivity index (χ0) is 14.4. The molecule has 0 aliphatic carbocycles. The van der Waals surface area contributed by atoms with E-state index in [1.54, 1.807) is 12.3 Å². The van der Waals surface area contributed by atoms with Crippen molar-refractivity contribution in [2.45, 2.75) is 20.8 Å². The molecule has 0 unspecified atom stereocenters. The first kappa shape index (κ1) is 15.7. The third kappa shape index (κ3) is 3.56. The quantitative estimate of drug-likeness (QED) is 0.834. The fourth-order valence-electron chi connectivity index (χ4n) is 1.60. The lowest BCUT2D eigenvalue weighted by Gasteiger charge is -2.09. The second-order valence-corrected chi connectivity index (χ2v) is 4.36. The fraction of sp³-hybridized carbons (Fsp3) is 0.357. The highest BCUT2D eigenvalue weighted by atomic mass is 79.9. The zero-order valence-electron chi connectivity index (χ0n) is 11.6. The van der Waals surface area contributed by atoms with Gasteiger partial charge in [-0.1, -0.05) is 13.8 Å². The van der Waals surface area contributed by atoms with Gasteiger partial charge in [-0.05, 0) is 35.0 Å². The largest absolute Gasteiger partial charge is 0.493 e. The molecule has 2 aromatic rings. The van der Waals surface area contributed by atoms with Gasteiger partial charge in [-0.2, -0.15) is 0 Å². The van der Waals surface area contributed by atoms with E-state index in [0.717, 1.165) is 0 Å². The van der Waals surface area contributed by atoms with Crippen LogP contribution in [-0.2, 0) is 7.05 Å². The van der Waals surface area contributed by atoms with Crippen LogP contribution in [0.3, 0.4) is 0 Å². The number of aromatic nitrogens is 2. The first-order valence-corrected chi connectivity index (χ1v) is 7.02. The fourth-order valence-corrected chi connectivity index (χ4v) is 1.94. The Labute approximate surface area is 121 Å². The smallest absolute Gasteiger partial charge is 0.141 e. The van der Waals surface area contributed by atoms with Crippen LogP contribution in [0.25, 0.3) is 11.4 Å². The van der Waals surface area contributed by atoms with Crippen molar-refractivity contribution in [3.63, 3.8) is 0 Å². The van der Waals surface area contributed by atoms with Crippen molar-refractivity contribution in [2.75, 3.05) is 6.61 Å². The Morgan fingerprint density at radius 3 is 2.58 bits per heavy atom. The molecular formula is C14H18BrFN2O. The van der Waals surface area contributed by atoms with Crippen LogP contribution in [0, 0.1) is 5.82 Å². The van der Waals surface area contributed by atoms with E-state index in [1.807, 2.05) is 38.6 Å². The van der Waals surface area contributed by atoms with Crippen LogP contribution in [0.5, 0.6) is 5.75 Å². The lowest BCUT2D eigenvalue weighted by atomic mass is 10.2. The van der Waals surface area contributed by atoms with E-state index in [2.05, 4.69) is 20.9 Å². The number of hydrogen-bond acceptors (Lipinski definition) is 2. The van der Waals surface area contributed by atoms with Gasteiger partial charge in [0.05, 0.1) is 11.1 Å². The number of rotatable bonds is 3. The molecule has 1 aromatic heterocycles. The standard InChI is InChI=1S/C12H12BrFN2O.C2H6/c1-3-17-10-7-8(6-9(14)11(10)13)12-15-4-5-16(12)2;1-2/h4-7H,3H2,1-2H3;1-2H3. The van der Waals surface area contributed by atoms with Crippen LogP contribution in [0.2, 0.25) is 0 Å². The minimum atomic E-state index is -0.353. The summed E-state index contributed by atoms with van der Waals surface area (Å²) in [4.78, 5) is 4.18. The molecule has 0 atom stereocenters. The summed E-state index contributed by atoms with van der Waals surface area (Å²) < 4.78 is 21.3. The summed E-state index contributed by atoms with van der Waals surface area (Å²) in [7, 11) is 1.86. The minimum absolute atomic E-state index is 0.345. The van der Waals surface area contributed by atoms with Gasteiger partial charge in [-0.25, -0.2) is 9.37 Å². The van der Waals surface area contributed by atoms with E-state index in [4.69, 9.17) is 4.74 Å². The lowest BCUT2D eigenvalue weighted by Crippen LogP contribution is -1.97. The molecule has 0 spiro atoms. The molecule has 0 aliphatic rings. The Kier molecular flexibility index (Phi) is 6.02. The van der Waals surface area contributed by atoms with Crippen LogP contribution >= 0.6 is 15.9 Å². The highest BCUT2D eigenvalue weighted by Gasteiger charge is 2.12. The summed E-state index contributed by atoms with van der Waals surface area (Å²) in [5.41, 5.74) is 0.696. The van der Waals surface area contributed by atoms with Gasteiger partial charge in [0, 0.05) is 25.0 Å². The van der Waals surface area contributed by atoms with E-state index < -0.39 is 0 Å². The van der Waals surface area contributed by atoms with Crippen LogP contribution in [-0.4, -0.2) is 16.2 Å². The van der Waals surface area contributed by atoms with Gasteiger partial charge in [0.15, 0.2) is 0 Å². The van der Waals surface area contributed by atoms with E-state index in [-0.39, 0.29) is 5.82 Å². The second-order valence-electron chi connectivity index (χ2n) is 3.56. The molecule has 0 bridgehead atoms. The molecule has 0 amide bonds. The number of benzene rings is 1. The molecule has 2 rings (SSSR count). The Morgan fingerprint density at radius 1 is 1.37 bits per heavy atom. The molecule has 0 saturated carbocycles. The first-order valence-electron chi connectivity index (χ1n) is 6.23. The lowest BCUT2D eigenvalue weighted by molar-refractivity contribution is 0.336. The van der Waals surface area contributed by atoms with Gasteiger partial charge >= 0.3 is 0 Å². The van der Waals surface area contributed by atoms with Crippen LogP contribution in [0.1, 0.15) is 20.8 Å². The molecular weight excluding hydrogens is 311 g/mol. The monoisotopic (exact) mass is 328 g/mol. The van der Waals surface area contributed by atoms with Crippen molar-refractivity contribution in [1.29, 1.82) is 0 Å². The van der Waals surface area contributed by atoms with Gasteiger partial charge in [-0.3, -0.25) is 0 Å². The Bertz CT molecular complexity index is 540. The van der Waals surface area contributed by atoms with E-state index in [9.17, 15) is 4.39 Å². The molecule has 0 radical (unpaired) electrons. The summed E-state index contributed by atoms with van der Waals surface area (Å²) in [5.74, 6) is 0.844. The third-order valence-corrected chi connectivity index (χ3v) is 3.14. The molecule has 3 nitrogen and oxygen atoms in total. The second kappa shape index (κ2) is 7.28. The number of nitrogens with zero attached hydrogens (tertiary/aromatic N) is 2. The highest BCUT2D eigenvalue weighted by molar-refractivity contribution is 9.10. The summed E-state index contributed by atoms with van der Waals surface area (Å²) >= 11 is 3.17. The van der Waals surface area contributed by atoms with Crippen LogP contribution < -0.4 is 4.74 Å². The maximum Gasteiger partial charge on any atom is 0.141 e. The Balaban J connectivity index is 0.000000861. The third-order valence-electron chi connectivity index (χ3n) is 2.37. The molecule has 1 aromatic carbocycles. The SMILES string of the molecule is CC.CCOc1cc(-c2nccn2C)cc(F)c1Br. The predicted octanol–water partition coefficient (Wildman–Crippen LogP) is 4.41. The molecule has 0 saturated heterocycles. The van der Waals surface area contributed by atoms with Crippen LogP contribution in [0.4, 0.5) is 4.39 Å². The average molecular weight is 329 g/mol. The summed E-state index contributed by atoms with van der Waals surface area (Å²) in [6.45, 7) is 6.35. The van der Waals surface area contributed by atoms with E-state index >= 15 is 0 Å². The summed E-state index contributed by atoms with van der Waals surface area (Å²) in [5, 5.41) is 0. The zero-order valence-corrected chi connectivity index (χ0v) is 13.2. The topological polar surface area (TPSA) is 27.1 Å². The van der Waals surface area contributed by atoms with Gasteiger partial charge in [0.2, 0.25) is 0 Å². The van der Waals surface area contributed by atoms with Crippen molar-refractivity contribution in [3.05, 3.63) is 34.8 Å². The summed E-state index contributed by atoms with van der Waals surface area (Å²) in [6, 6.07) is 3.22. The molecule has 1 heterocycles. The van der Waals surface area contributed by atoms with Crippen molar-refractivity contribution in [2.24, 2.45) is 7.05 Å². The van der Waals surface area contributed by atoms with Crippen molar-refractivity contribution in [3.8, 4) is 17.1 Å². The number of halogens is 2. The molecule has 5 heteroatoms. The normalized spacial score (nSPS) is 9.79. The van der Waals surface area contributed by atoms with E-state index in [1.165, 1.54) is 6.07 Å². The van der Waals surface area contributed by atoms with Gasteiger partial charge in [0.25, 0.3) is 0 Å². The molecule has 0 N–H and O–H groups in total. The predicted molar refractivity (Wildman–Crippen MR) is 78.8 cm³/mol. The van der Waals surface area contributed by atoms with Crippen molar-refractivity contribution < 1.29 is 9.13 Å². The van der Waals surface area contributed by atoms with Gasteiger partial charge in [-0.15, -0.1) is 0 Å². The number of imidazole rings is 1. The molecule has 0 fully saturated rings. The maximum atomic E-state index is 13.7. The minimum Gasteiger partial charge on any atom is -0.493 e. The Morgan fingerprint density at radius 2 is 2.05 bits per heavy atom. The molecule has 104 valence electrons. The van der Waals surface area contributed by atoms with Crippen molar-refractivity contribution in [1.82, 2.24) is 9.55 Å². The first-order chi connectivity index (χ1) is 9.13. The van der Waals surface area contributed by atoms with E-state index in [0.29, 0.717) is 28.2 Å². The van der Waals surface area contributed by atoms with Crippen LogP contribution in [0.15, 0.2) is 29.0 Å². The Hall–Kier alpha value is -1.36. The maximum absolute atomic E-state index is 13.7. The van der Waals surface area contributed by atoms with Gasteiger partial charge < -0.3 is 9.30 Å². The average Bonchev–Trinajstić information content (AvgIpc) is 2.84. The number of aryl methyl sites for hydroxylation is 1. The molecule has 0 aliphatic heterocycles. The summed E-state index contributed by atoms with van der Waals surface area (Å²) in [6.07, 6.45) is 3.49. The number of hydrogen-bond donors (Lipinski definition) is 0. The highest BCUT2D eigenvalue weighted by Crippen LogP contribution is 2.32.